The van der Waals surface area contributed by atoms with Gasteiger partial charge < -0.3 is 10.8 Å². The van der Waals surface area contributed by atoms with Gasteiger partial charge in [0.15, 0.2) is 0 Å². The topological polar surface area (TPSA) is 77.0 Å². The predicted octanol–water partition coefficient (Wildman–Crippen LogP) is -0.401. The SMILES string of the molecule is CCn1nnc(C(N)CO)c1C. The quantitative estimate of drug-likeness (QED) is 0.647. The average Bonchev–Trinajstić information content (AvgIpc) is 2.45. The van der Waals surface area contributed by atoms with Crippen molar-refractivity contribution < 1.29 is 5.11 Å². The molecule has 1 atom stereocenters. The zero-order valence-corrected chi connectivity index (χ0v) is 7.36. The Bertz CT molecular complexity index is 258. The highest BCUT2D eigenvalue weighted by Gasteiger charge is 2.13. The first kappa shape index (κ1) is 9.15. The molecule has 0 aliphatic carbocycles. The Hall–Kier alpha value is -0.940. The minimum atomic E-state index is -0.412. The Kier molecular flexibility index (Phi) is 2.78. The van der Waals surface area contributed by atoms with Gasteiger partial charge in [0.1, 0.15) is 5.69 Å². The second kappa shape index (κ2) is 3.64. The van der Waals surface area contributed by atoms with E-state index in [1.54, 1.807) is 4.68 Å². The molecular formula is C7H14N4O. The Morgan fingerprint density at radius 2 is 2.33 bits per heavy atom. The molecule has 0 amide bonds. The Morgan fingerprint density at radius 1 is 1.67 bits per heavy atom. The van der Waals surface area contributed by atoms with Crippen LogP contribution in [-0.2, 0) is 6.54 Å². The maximum Gasteiger partial charge on any atom is 0.105 e. The fraction of sp³-hybridized carbons (Fsp3) is 0.714. The molecule has 0 radical (unpaired) electrons. The standard InChI is InChI=1S/C7H14N4O/c1-3-11-5(2)7(9-10-11)6(8)4-12/h6,12H,3-4,8H2,1-2H3. The number of nitrogens with zero attached hydrogens (tertiary/aromatic N) is 3. The van der Waals surface area contributed by atoms with Crippen molar-refractivity contribution in [3.63, 3.8) is 0 Å². The minimum Gasteiger partial charge on any atom is -0.394 e. The summed E-state index contributed by atoms with van der Waals surface area (Å²) in [6, 6.07) is -0.412. The van der Waals surface area contributed by atoms with Crippen LogP contribution in [0.4, 0.5) is 0 Å². The predicted molar refractivity (Wildman–Crippen MR) is 44.4 cm³/mol. The van der Waals surface area contributed by atoms with E-state index in [4.69, 9.17) is 10.8 Å². The molecule has 0 saturated carbocycles. The number of nitrogens with two attached hydrogens (primary N) is 1. The number of aliphatic hydroxyl groups is 1. The first-order valence-electron chi connectivity index (χ1n) is 3.97. The summed E-state index contributed by atoms with van der Waals surface area (Å²) in [7, 11) is 0. The fourth-order valence-corrected chi connectivity index (χ4v) is 1.10. The molecule has 1 rings (SSSR count). The van der Waals surface area contributed by atoms with Crippen molar-refractivity contribution in [3.05, 3.63) is 11.4 Å². The summed E-state index contributed by atoms with van der Waals surface area (Å²) in [4.78, 5) is 0. The van der Waals surface area contributed by atoms with E-state index >= 15 is 0 Å². The number of aliphatic hydroxyl groups excluding tert-OH is 1. The summed E-state index contributed by atoms with van der Waals surface area (Å²) in [6.45, 7) is 4.56. The Labute approximate surface area is 71.2 Å². The highest BCUT2D eigenvalue weighted by atomic mass is 16.3. The second-order valence-electron chi connectivity index (χ2n) is 2.66. The van der Waals surface area contributed by atoms with Gasteiger partial charge in [-0.3, -0.25) is 0 Å². The molecule has 0 saturated heterocycles. The lowest BCUT2D eigenvalue weighted by Crippen LogP contribution is -2.16. The maximum absolute atomic E-state index is 8.79. The van der Waals surface area contributed by atoms with Crippen molar-refractivity contribution in [1.29, 1.82) is 0 Å². The van der Waals surface area contributed by atoms with E-state index in [9.17, 15) is 0 Å². The van der Waals surface area contributed by atoms with Crippen LogP contribution in [0.5, 0.6) is 0 Å². The number of aryl methyl sites for hydroxylation is 1. The van der Waals surface area contributed by atoms with Gasteiger partial charge >= 0.3 is 0 Å². The van der Waals surface area contributed by atoms with E-state index in [-0.39, 0.29) is 6.61 Å². The molecular weight excluding hydrogens is 156 g/mol. The number of hydrogen-bond donors (Lipinski definition) is 2. The normalized spacial score (nSPS) is 13.3. The van der Waals surface area contributed by atoms with Gasteiger partial charge in [-0.15, -0.1) is 5.10 Å². The van der Waals surface area contributed by atoms with Crippen LogP contribution in [0.15, 0.2) is 0 Å². The third-order valence-electron chi connectivity index (χ3n) is 1.87. The fourth-order valence-electron chi connectivity index (χ4n) is 1.10. The van der Waals surface area contributed by atoms with Gasteiger partial charge in [-0.05, 0) is 13.8 Å². The first-order valence-corrected chi connectivity index (χ1v) is 3.97. The smallest absolute Gasteiger partial charge is 0.105 e. The molecule has 1 unspecified atom stereocenters. The molecule has 0 fully saturated rings. The highest BCUT2D eigenvalue weighted by molar-refractivity contribution is 5.12. The van der Waals surface area contributed by atoms with Crippen LogP contribution in [0.1, 0.15) is 24.4 Å². The molecule has 0 aliphatic heterocycles. The molecule has 1 aromatic rings. The van der Waals surface area contributed by atoms with Crippen LogP contribution in [0.3, 0.4) is 0 Å². The molecule has 0 spiro atoms. The van der Waals surface area contributed by atoms with E-state index in [2.05, 4.69) is 10.3 Å². The van der Waals surface area contributed by atoms with E-state index in [1.807, 2.05) is 13.8 Å². The summed E-state index contributed by atoms with van der Waals surface area (Å²) >= 11 is 0. The van der Waals surface area contributed by atoms with Crippen LogP contribution in [-0.4, -0.2) is 26.7 Å². The highest BCUT2D eigenvalue weighted by Crippen LogP contribution is 2.10. The van der Waals surface area contributed by atoms with Crippen molar-refractivity contribution in [2.24, 2.45) is 5.73 Å². The van der Waals surface area contributed by atoms with E-state index in [0.29, 0.717) is 5.69 Å². The molecule has 1 heterocycles. The van der Waals surface area contributed by atoms with E-state index in [0.717, 1.165) is 12.2 Å². The van der Waals surface area contributed by atoms with Crippen LogP contribution in [0.2, 0.25) is 0 Å². The molecule has 0 bridgehead atoms. The van der Waals surface area contributed by atoms with Crippen molar-refractivity contribution in [1.82, 2.24) is 15.0 Å². The van der Waals surface area contributed by atoms with Crippen molar-refractivity contribution in [3.8, 4) is 0 Å². The van der Waals surface area contributed by atoms with Gasteiger partial charge in [-0.1, -0.05) is 5.21 Å². The molecule has 5 nitrogen and oxygen atoms in total. The monoisotopic (exact) mass is 170 g/mol. The van der Waals surface area contributed by atoms with Gasteiger partial charge in [0, 0.05) is 6.54 Å². The van der Waals surface area contributed by atoms with Gasteiger partial charge in [-0.2, -0.15) is 0 Å². The zero-order valence-electron chi connectivity index (χ0n) is 7.36. The summed E-state index contributed by atoms with van der Waals surface area (Å²) in [5.74, 6) is 0. The Balaban J connectivity index is 2.93. The zero-order chi connectivity index (χ0) is 9.14. The molecule has 0 aromatic carbocycles. The largest absolute Gasteiger partial charge is 0.394 e. The summed E-state index contributed by atoms with van der Waals surface area (Å²) < 4.78 is 1.75. The van der Waals surface area contributed by atoms with Crippen LogP contribution in [0, 0.1) is 6.92 Å². The molecule has 0 aliphatic rings. The Morgan fingerprint density at radius 3 is 2.75 bits per heavy atom. The second-order valence-corrected chi connectivity index (χ2v) is 2.66. The van der Waals surface area contributed by atoms with E-state index in [1.165, 1.54) is 0 Å². The van der Waals surface area contributed by atoms with Gasteiger partial charge in [-0.25, -0.2) is 4.68 Å². The summed E-state index contributed by atoms with van der Waals surface area (Å²) in [5, 5.41) is 16.6. The lowest BCUT2D eigenvalue weighted by Gasteiger charge is -2.04. The molecule has 1 aromatic heterocycles. The van der Waals surface area contributed by atoms with E-state index < -0.39 is 6.04 Å². The molecule has 68 valence electrons. The lowest BCUT2D eigenvalue weighted by atomic mass is 10.2. The van der Waals surface area contributed by atoms with Crippen molar-refractivity contribution in [2.45, 2.75) is 26.4 Å². The van der Waals surface area contributed by atoms with Crippen LogP contribution < -0.4 is 5.73 Å². The number of rotatable bonds is 3. The van der Waals surface area contributed by atoms with Crippen LogP contribution >= 0.6 is 0 Å². The summed E-state index contributed by atoms with van der Waals surface area (Å²) in [6.07, 6.45) is 0. The average molecular weight is 170 g/mol. The van der Waals surface area contributed by atoms with Gasteiger partial charge in [0.05, 0.1) is 18.3 Å². The maximum atomic E-state index is 8.79. The first-order chi connectivity index (χ1) is 5.70. The molecule has 3 N–H and O–H groups in total. The molecule has 12 heavy (non-hydrogen) atoms. The van der Waals surface area contributed by atoms with Gasteiger partial charge in [0.25, 0.3) is 0 Å². The van der Waals surface area contributed by atoms with Crippen molar-refractivity contribution in [2.75, 3.05) is 6.61 Å². The lowest BCUT2D eigenvalue weighted by molar-refractivity contribution is 0.265. The third-order valence-corrected chi connectivity index (χ3v) is 1.87. The number of hydrogen-bond acceptors (Lipinski definition) is 4. The third kappa shape index (κ3) is 1.46. The minimum absolute atomic E-state index is 0.0940. The van der Waals surface area contributed by atoms with Gasteiger partial charge in [0.2, 0.25) is 0 Å². The summed E-state index contributed by atoms with van der Waals surface area (Å²) in [5.41, 5.74) is 7.21. The van der Waals surface area contributed by atoms with Crippen molar-refractivity contribution >= 4 is 0 Å². The molecule has 5 heteroatoms. The van der Waals surface area contributed by atoms with Crippen LogP contribution in [0.25, 0.3) is 0 Å². The number of aromatic nitrogens is 3.